The number of nitrogens with one attached hydrogen (secondary N) is 1. The Morgan fingerprint density at radius 1 is 1.07 bits per heavy atom. The van der Waals surface area contributed by atoms with Gasteiger partial charge in [-0.05, 0) is 44.4 Å². The predicted octanol–water partition coefficient (Wildman–Crippen LogP) is 3.95. The van der Waals surface area contributed by atoms with E-state index in [9.17, 15) is 9.59 Å². The first-order chi connectivity index (χ1) is 13.6. The first kappa shape index (κ1) is 20.1. The van der Waals surface area contributed by atoms with Gasteiger partial charge in [-0.2, -0.15) is 0 Å². The molecule has 1 saturated heterocycles. The standard InChI is InChI=1S/C23H28N2O3/c1-3-28-23(27)19-13-15-25(16-14-19)21(18-7-5-4-6-8-18)22(26)24-20-11-9-17(2)10-12-20/h4-12,19,21H,3,13-16H2,1-2H3,(H,24,26)/t21-/m1/s1. The molecule has 0 unspecified atom stereocenters. The van der Waals surface area contributed by atoms with Gasteiger partial charge in [0, 0.05) is 18.8 Å². The second-order valence-corrected chi connectivity index (χ2v) is 7.23. The highest BCUT2D eigenvalue weighted by molar-refractivity contribution is 5.95. The van der Waals surface area contributed by atoms with E-state index in [0.717, 1.165) is 16.8 Å². The van der Waals surface area contributed by atoms with E-state index < -0.39 is 0 Å². The number of nitrogens with zero attached hydrogens (tertiary/aromatic N) is 1. The number of likely N-dealkylation sites (tertiary alicyclic amines) is 1. The average Bonchev–Trinajstić information content (AvgIpc) is 2.71. The third-order valence-corrected chi connectivity index (χ3v) is 5.20. The maximum absolute atomic E-state index is 13.2. The second-order valence-electron chi connectivity index (χ2n) is 7.23. The number of hydrogen-bond donors (Lipinski definition) is 1. The molecule has 1 atom stereocenters. The van der Waals surface area contributed by atoms with Crippen LogP contribution in [-0.2, 0) is 14.3 Å². The zero-order valence-electron chi connectivity index (χ0n) is 16.6. The van der Waals surface area contributed by atoms with E-state index in [1.165, 1.54) is 0 Å². The Labute approximate surface area is 166 Å². The van der Waals surface area contributed by atoms with Gasteiger partial charge in [0.25, 0.3) is 0 Å². The quantitative estimate of drug-likeness (QED) is 0.771. The van der Waals surface area contributed by atoms with Crippen LogP contribution in [0.3, 0.4) is 0 Å². The monoisotopic (exact) mass is 380 g/mol. The van der Waals surface area contributed by atoms with E-state index in [1.54, 1.807) is 0 Å². The molecular weight excluding hydrogens is 352 g/mol. The summed E-state index contributed by atoms with van der Waals surface area (Å²) in [5.74, 6) is -0.250. The van der Waals surface area contributed by atoms with Crippen molar-refractivity contribution in [1.29, 1.82) is 0 Å². The van der Waals surface area contributed by atoms with Gasteiger partial charge in [0.2, 0.25) is 5.91 Å². The molecule has 1 aliphatic rings. The normalized spacial score (nSPS) is 16.4. The van der Waals surface area contributed by atoms with Gasteiger partial charge in [0.15, 0.2) is 0 Å². The van der Waals surface area contributed by atoms with E-state index in [-0.39, 0.29) is 23.8 Å². The summed E-state index contributed by atoms with van der Waals surface area (Å²) < 4.78 is 5.16. The maximum Gasteiger partial charge on any atom is 0.309 e. The molecule has 0 aliphatic carbocycles. The molecule has 0 bridgehead atoms. The minimum Gasteiger partial charge on any atom is -0.466 e. The lowest BCUT2D eigenvalue weighted by Gasteiger charge is -2.36. The molecule has 2 aromatic carbocycles. The summed E-state index contributed by atoms with van der Waals surface area (Å²) in [6, 6.07) is 17.2. The number of carbonyl (C=O) groups is 2. The van der Waals surface area contributed by atoms with Crippen LogP contribution in [0.4, 0.5) is 5.69 Å². The second kappa shape index (κ2) is 9.51. The van der Waals surface area contributed by atoms with Gasteiger partial charge in [-0.1, -0.05) is 48.0 Å². The predicted molar refractivity (Wildman–Crippen MR) is 110 cm³/mol. The summed E-state index contributed by atoms with van der Waals surface area (Å²) in [6.45, 7) is 5.62. The fraction of sp³-hybridized carbons (Fsp3) is 0.391. The van der Waals surface area contributed by atoms with Crippen LogP contribution in [0.1, 0.15) is 36.9 Å². The number of piperidine rings is 1. The van der Waals surface area contributed by atoms with Gasteiger partial charge < -0.3 is 10.1 Å². The van der Waals surface area contributed by atoms with Crippen LogP contribution in [0, 0.1) is 12.8 Å². The van der Waals surface area contributed by atoms with Crippen molar-refractivity contribution in [3.63, 3.8) is 0 Å². The summed E-state index contributed by atoms with van der Waals surface area (Å²) in [6.07, 6.45) is 1.42. The lowest BCUT2D eigenvalue weighted by molar-refractivity contribution is -0.149. The number of hydrogen-bond acceptors (Lipinski definition) is 4. The molecule has 1 fully saturated rings. The number of aryl methyl sites for hydroxylation is 1. The molecule has 2 aromatic rings. The lowest BCUT2D eigenvalue weighted by atomic mass is 9.94. The Morgan fingerprint density at radius 3 is 2.32 bits per heavy atom. The van der Waals surface area contributed by atoms with Gasteiger partial charge in [-0.25, -0.2) is 0 Å². The highest BCUT2D eigenvalue weighted by Crippen LogP contribution is 2.29. The number of ether oxygens (including phenoxy) is 1. The number of benzene rings is 2. The third kappa shape index (κ3) is 4.98. The molecule has 0 saturated carbocycles. The van der Waals surface area contributed by atoms with Crippen LogP contribution >= 0.6 is 0 Å². The summed E-state index contributed by atoms with van der Waals surface area (Å²) in [7, 11) is 0. The summed E-state index contributed by atoms with van der Waals surface area (Å²) in [5.41, 5.74) is 2.90. The number of esters is 1. The molecule has 1 N–H and O–H groups in total. The van der Waals surface area contributed by atoms with Crippen molar-refractivity contribution < 1.29 is 14.3 Å². The van der Waals surface area contributed by atoms with E-state index in [4.69, 9.17) is 4.74 Å². The molecule has 5 nitrogen and oxygen atoms in total. The topological polar surface area (TPSA) is 58.6 Å². The molecule has 3 rings (SSSR count). The highest BCUT2D eigenvalue weighted by Gasteiger charge is 2.33. The van der Waals surface area contributed by atoms with Crippen molar-refractivity contribution in [3.8, 4) is 0 Å². The SMILES string of the molecule is CCOC(=O)C1CCN([C@@H](C(=O)Nc2ccc(C)cc2)c2ccccc2)CC1. The molecule has 0 aromatic heterocycles. The Hall–Kier alpha value is -2.66. The van der Waals surface area contributed by atoms with Crippen LogP contribution < -0.4 is 5.32 Å². The largest absolute Gasteiger partial charge is 0.466 e. The van der Waals surface area contributed by atoms with Crippen LogP contribution in [0.15, 0.2) is 54.6 Å². The fourth-order valence-corrected chi connectivity index (χ4v) is 3.66. The van der Waals surface area contributed by atoms with Crippen molar-refractivity contribution in [1.82, 2.24) is 4.90 Å². The third-order valence-electron chi connectivity index (χ3n) is 5.20. The summed E-state index contributed by atoms with van der Waals surface area (Å²) >= 11 is 0. The lowest BCUT2D eigenvalue weighted by Crippen LogP contribution is -2.43. The van der Waals surface area contributed by atoms with Crippen molar-refractivity contribution in [2.45, 2.75) is 32.7 Å². The zero-order chi connectivity index (χ0) is 19.9. The molecule has 28 heavy (non-hydrogen) atoms. The summed E-state index contributed by atoms with van der Waals surface area (Å²) in [4.78, 5) is 27.4. The number of carbonyl (C=O) groups excluding carboxylic acids is 2. The number of rotatable bonds is 6. The van der Waals surface area contributed by atoms with E-state index in [2.05, 4.69) is 10.2 Å². The molecule has 0 spiro atoms. The van der Waals surface area contributed by atoms with Crippen LogP contribution in [0.5, 0.6) is 0 Å². The smallest absolute Gasteiger partial charge is 0.309 e. The van der Waals surface area contributed by atoms with E-state index >= 15 is 0 Å². The van der Waals surface area contributed by atoms with Crippen molar-refractivity contribution in [2.75, 3.05) is 25.0 Å². The Balaban J connectivity index is 1.74. The molecule has 5 heteroatoms. The van der Waals surface area contributed by atoms with Crippen molar-refractivity contribution in [3.05, 3.63) is 65.7 Å². The van der Waals surface area contributed by atoms with Gasteiger partial charge in [-0.15, -0.1) is 0 Å². The molecule has 1 amide bonds. The first-order valence-electron chi connectivity index (χ1n) is 9.91. The van der Waals surface area contributed by atoms with Crippen molar-refractivity contribution >= 4 is 17.6 Å². The molecular formula is C23H28N2O3. The van der Waals surface area contributed by atoms with Gasteiger partial charge in [0.05, 0.1) is 12.5 Å². The molecule has 1 aliphatic heterocycles. The summed E-state index contributed by atoms with van der Waals surface area (Å²) in [5, 5.41) is 3.05. The van der Waals surface area contributed by atoms with Gasteiger partial charge in [-0.3, -0.25) is 14.5 Å². The van der Waals surface area contributed by atoms with E-state index in [0.29, 0.717) is 32.5 Å². The van der Waals surface area contributed by atoms with Gasteiger partial charge >= 0.3 is 5.97 Å². The Morgan fingerprint density at radius 2 is 1.71 bits per heavy atom. The zero-order valence-corrected chi connectivity index (χ0v) is 16.6. The average molecular weight is 380 g/mol. The minimum absolute atomic E-state index is 0.0513. The minimum atomic E-state index is -0.384. The van der Waals surface area contributed by atoms with Crippen LogP contribution in [0.2, 0.25) is 0 Å². The van der Waals surface area contributed by atoms with Crippen molar-refractivity contribution in [2.24, 2.45) is 5.92 Å². The molecule has 1 heterocycles. The molecule has 148 valence electrons. The molecule has 0 radical (unpaired) electrons. The van der Waals surface area contributed by atoms with Crippen LogP contribution in [0.25, 0.3) is 0 Å². The number of anilines is 1. The Bertz CT molecular complexity index is 781. The van der Waals surface area contributed by atoms with Gasteiger partial charge in [0.1, 0.15) is 6.04 Å². The number of amides is 1. The first-order valence-corrected chi connectivity index (χ1v) is 9.91. The Kier molecular flexibility index (Phi) is 6.82. The fourth-order valence-electron chi connectivity index (χ4n) is 3.66. The van der Waals surface area contributed by atoms with E-state index in [1.807, 2.05) is 68.4 Å². The highest BCUT2D eigenvalue weighted by atomic mass is 16.5. The maximum atomic E-state index is 13.2. The van der Waals surface area contributed by atoms with Crippen LogP contribution in [-0.4, -0.2) is 36.5 Å².